The van der Waals surface area contributed by atoms with Crippen molar-refractivity contribution >= 4 is 11.6 Å². The molecule has 3 atom stereocenters. The lowest BCUT2D eigenvalue weighted by atomic mass is 9.98. The van der Waals surface area contributed by atoms with Gasteiger partial charge in [0.15, 0.2) is 0 Å². The van der Waals surface area contributed by atoms with Crippen LogP contribution in [-0.4, -0.2) is 22.6 Å². The van der Waals surface area contributed by atoms with Gasteiger partial charge in [-0.25, -0.2) is 9.97 Å². The van der Waals surface area contributed by atoms with Crippen LogP contribution >= 0.6 is 0 Å². The van der Waals surface area contributed by atoms with Crippen LogP contribution in [-0.2, 0) is 6.42 Å². The Morgan fingerprint density at radius 3 is 2.50 bits per heavy atom. The van der Waals surface area contributed by atoms with Crippen LogP contribution < -0.4 is 10.6 Å². The van der Waals surface area contributed by atoms with Crippen molar-refractivity contribution in [2.75, 3.05) is 17.2 Å². The van der Waals surface area contributed by atoms with Crippen molar-refractivity contribution in [3.8, 4) is 0 Å². The first-order valence-electron chi connectivity index (χ1n) is 8.02. The fraction of sp³-hybridized carbons (Fsp3) is 0.750. The van der Waals surface area contributed by atoms with E-state index >= 15 is 0 Å². The normalized spacial score (nSPS) is 25.7. The Morgan fingerprint density at radius 1 is 1.15 bits per heavy atom. The van der Waals surface area contributed by atoms with Gasteiger partial charge in [0.25, 0.3) is 0 Å². The quantitative estimate of drug-likeness (QED) is 0.831. The molecule has 1 aliphatic rings. The lowest BCUT2D eigenvalue weighted by molar-refractivity contribution is 0.435. The summed E-state index contributed by atoms with van der Waals surface area (Å²) in [6.45, 7) is 9.83. The molecule has 0 saturated heterocycles. The molecule has 0 bridgehead atoms. The van der Waals surface area contributed by atoms with E-state index in [0.717, 1.165) is 42.8 Å². The number of anilines is 2. The molecule has 0 spiro atoms. The summed E-state index contributed by atoms with van der Waals surface area (Å²) in [4.78, 5) is 9.23. The Kier molecular flexibility index (Phi) is 5.21. The average Bonchev–Trinajstić information content (AvgIpc) is 2.71. The third-order valence-electron chi connectivity index (χ3n) is 4.40. The lowest BCUT2D eigenvalue weighted by Gasteiger charge is -2.21. The summed E-state index contributed by atoms with van der Waals surface area (Å²) in [5, 5.41) is 6.93. The fourth-order valence-electron chi connectivity index (χ4n) is 2.94. The Labute approximate surface area is 122 Å². The van der Waals surface area contributed by atoms with E-state index in [9.17, 15) is 0 Å². The summed E-state index contributed by atoms with van der Waals surface area (Å²) in [5.41, 5.74) is 0. The van der Waals surface area contributed by atoms with Crippen LogP contribution in [0.25, 0.3) is 0 Å². The molecule has 0 aliphatic heterocycles. The molecule has 1 aromatic rings. The summed E-state index contributed by atoms with van der Waals surface area (Å²) in [7, 11) is 0. The van der Waals surface area contributed by atoms with E-state index in [4.69, 9.17) is 0 Å². The highest BCUT2D eigenvalue weighted by Gasteiger charge is 2.29. The van der Waals surface area contributed by atoms with Crippen LogP contribution in [0.4, 0.5) is 11.6 Å². The number of nitrogens with one attached hydrogen (secondary N) is 2. The van der Waals surface area contributed by atoms with Gasteiger partial charge in [0, 0.05) is 25.1 Å². The Hall–Kier alpha value is -1.32. The second-order valence-electron chi connectivity index (χ2n) is 6.00. The topological polar surface area (TPSA) is 49.8 Å². The number of hydrogen-bond donors (Lipinski definition) is 2. The van der Waals surface area contributed by atoms with E-state index in [1.807, 2.05) is 6.07 Å². The van der Waals surface area contributed by atoms with Gasteiger partial charge in [-0.3, -0.25) is 0 Å². The van der Waals surface area contributed by atoms with Gasteiger partial charge in [0.1, 0.15) is 17.5 Å². The fourth-order valence-corrected chi connectivity index (χ4v) is 2.94. The van der Waals surface area contributed by atoms with Crippen molar-refractivity contribution in [3.63, 3.8) is 0 Å². The second-order valence-corrected chi connectivity index (χ2v) is 6.00. The van der Waals surface area contributed by atoms with Crippen LogP contribution in [0.1, 0.15) is 52.8 Å². The minimum atomic E-state index is 0.545. The van der Waals surface area contributed by atoms with Crippen molar-refractivity contribution < 1.29 is 0 Å². The second kappa shape index (κ2) is 6.91. The molecule has 20 heavy (non-hydrogen) atoms. The first-order chi connectivity index (χ1) is 9.63. The van der Waals surface area contributed by atoms with Crippen LogP contribution in [0.5, 0.6) is 0 Å². The first-order valence-corrected chi connectivity index (χ1v) is 8.02. The number of nitrogens with zero attached hydrogens (tertiary/aromatic N) is 2. The van der Waals surface area contributed by atoms with E-state index in [-0.39, 0.29) is 0 Å². The van der Waals surface area contributed by atoms with Crippen LogP contribution in [0.2, 0.25) is 0 Å². The van der Waals surface area contributed by atoms with Crippen LogP contribution in [0.3, 0.4) is 0 Å². The summed E-state index contributed by atoms with van der Waals surface area (Å²) < 4.78 is 0. The Morgan fingerprint density at radius 2 is 1.90 bits per heavy atom. The number of aryl methyl sites for hydroxylation is 1. The van der Waals surface area contributed by atoms with Crippen LogP contribution in [0, 0.1) is 11.8 Å². The zero-order chi connectivity index (χ0) is 14.5. The molecular weight excluding hydrogens is 248 g/mol. The molecule has 0 radical (unpaired) electrons. The average molecular weight is 276 g/mol. The van der Waals surface area contributed by atoms with Gasteiger partial charge in [-0.05, 0) is 38.0 Å². The highest BCUT2D eigenvalue weighted by Crippen LogP contribution is 2.33. The smallest absolute Gasteiger partial charge is 0.133 e. The Balaban J connectivity index is 2.13. The zero-order valence-corrected chi connectivity index (χ0v) is 13.2. The van der Waals surface area contributed by atoms with Gasteiger partial charge in [0.05, 0.1) is 0 Å². The monoisotopic (exact) mass is 276 g/mol. The standard InChI is InChI=1S/C16H28N4/c1-5-7-14-19-15(17-6-2)10-16(20-14)18-13-9-8-11(3)12(13)4/h10-13H,5-9H2,1-4H3,(H2,17,18,19,20). The maximum Gasteiger partial charge on any atom is 0.133 e. The van der Waals surface area contributed by atoms with Crippen LogP contribution in [0.15, 0.2) is 6.07 Å². The number of hydrogen-bond acceptors (Lipinski definition) is 4. The molecule has 1 fully saturated rings. The molecule has 3 unspecified atom stereocenters. The van der Waals surface area contributed by atoms with Gasteiger partial charge in [0.2, 0.25) is 0 Å². The first kappa shape index (κ1) is 15.1. The molecule has 0 aromatic carbocycles. The molecule has 1 aromatic heterocycles. The zero-order valence-electron chi connectivity index (χ0n) is 13.2. The minimum Gasteiger partial charge on any atom is -0.370 e. The molecule has 112 valence electrons. The molecule has 2 rings (SSSR count). The molecule has 1 heterocycles. The van der Waals surface area contributed by atoms with E-state index in [1.165, 1.54) is 12.8 Å². The minimum absolute atomic E-state index is 0.545. The van der Waals surface area contributed by atoms with Gasteiger partial charge in [-0.15, -0.1) is 0 Å². The number of rotatable bonds is 6. The summed E-state index contributed by atoms with van der Waals surface area (Å²) >= 11 is 0. The molecule has 4 nitrogen and oxygen atoms in total. The van der Waals surface area contributed by atoms with Crippen molar-refractivity contribution in [2.45, 2.75) is 59.4 Å². The van der Waals surface area contributed by atoms with Crippen molar-refractivity contribution in [1.29, 1.82) is 0 Å². The summed E-state index contributed by atoms with van der Waals surface area (Å²) in [6.07, 6.45) is 4.56. The predicted octanol–water partition coefficient (Wildman–Crippen LogP) is 3.71. The van der Waals surface area contributed by atoms with Gasteiger partial charge in [-0.2, -0.15) is 0 Å². The molecule has 4 heteroatoms. The summed E-state index contributed by atoms with van der Waals surface area (Å²) in [6, 6.07) is 2.59. The third kappa shape index (κ3) is 3.62. The highest BCUT2D eigenvalue weighted by molar-refractivity contribution is 5.48. The molecule has 2 N–H and O–H groups in total. The van der Waals surface area contributed by atoms with Crippen molar-refractivity contribution in [1.82, 2.24) is 9.97 Å². The van der Waals surface area contributed by atoms with Crippen molar-refractivity contribution in [3.05, 3.63) is 11.9 Å². The summed E-state index contributed by atoms with van der Waals surface area (Å²) in [5.74, 6) is 4.37. The third-order valence-corrected chi connectivity index (χ3v) is 4.40. The lowest BCUT2D eigenvalue weighted by Crippen LogP contribution is -2.25. The maximum atomic E-state index is 4.67. The number of aromatic nitrogens is 2. The van der Waals surface area contributed by atoms with E-state index in [2.05, 4.69) is 48.3 Å². The van der Waals surface area contributed by atoms with E-state index in [0.29, 0.717) is 12.0 Å². The van der Waals surface area contributed by atoms with Gasteiger partial charge < -0.3 is 10.6 Å². The SMILES string of the molecule is CCCc1nc(NCC)cc(NC2CCC(C)C2C)n1. The van der Waals surface area contributed by atoms with E-state index in [1.54, 1.807) is 0 Å². The maximum absolute atomic E-state index is 4.67. The van der Waals surface area contributed by atoms with Gasteiger partial charge in [-0.1, -0.05) is 20.8 Å². The Bertz CT molecular complexity index is 408. The molecule has 1 aliphatic carbocycles. The van der Waals surface area contributed by atoms with Gasteiger partial charge >= 0.3 is 0 Å². The molecular formula is C16H28N4. The van der Waals surface area contributed by atoms with Crippen molar-refractivity contribution in [2.24, 2.45) is 11.8 Å². The molecule has 0 amide bonds. The highest BCUT2D eigenvalue weighted by atomic mass is 15.1. The van der Waals surface area contributed by atoms with E-state index < -0.39 is 0 Å². The molecule has 1 saturated carbocycles. The predicted molar refractivity (Wildman–Crippen MR) is 85.2 cm³/mol. The largest absolute Gasteiger partial charge is 0.370 e.